The van der Waals surface area contributed by atoms with E-state index >= 15 is 0 Å². The third-order valence-corrected chi connectivity index (χ3v) is 3.48. The highest BCUT2D eigenvalue weighted by atomic mass is 35.5. The van der Waals surface area contributed by atoms with Gasteiger partial charge < -0.3 is 20.5 Å². The number of carbonyl (C=O) groups excluding carboxylic acids is 2. The molecule has 1 unspecified atom stereocenters. The minimum Gasteiger partial charge on any atom is -0.466 e. The van der Waals surface area contributed by atoms with Gasteiger partial charge >= 0.3 is 5.97 Å². The second-order valence-corrected chi connectivity index (χ2v) is 4.77. The highest BCUT2D eigenvalue weighted by Gasteiger charge is 2.29. The highest BCUT2D eigenvalue weighted by molar-refractivity contribution is 5.85. The molecule has 7 heteroatoms. The summed E-state index contributed by atoms with van der Waals surface area (Å²) in [4.78, 5) is 23.4. The molecule has 0 aromatic carbocycles. The zero-order valence-electron chi connectivity index (χ0n) is 12.1. The number of nitrogens with two attached hydrogens (primary N) is 1. The molecular formula is C13H25ClN2O4. The van der Waals surface area contributed by atoms with Gasteiger partial charge in [0.25, 0.3) is 5.91 Å². The van der Waals surface area contributed by atoms with E-state index in [0.29, 0.717) is 6.61 Å². The quantitative estimate of drug-likeness (QED) is 0.702. The van der Waals surface area contributed by atoms with Crippen molar-refractivity contribution in [3.8, 4) is 0 Å². The number of hydrogen-bond acceptors (Lipinski definition) is 5. The summed E-state index contributed by atoms with van der Waals surface area (Å²) in [5, 5.41) is 2.92. The van der Waals surface area contributed by atoms with Gasteiger partial charge in [-0.15, -0.1) is 12.4 Å². The molecule has 3 N–H and O–H groups in total. The number of ether oxygens (including phenoxy) is 2. The van der Waals surface area contributed by atoms with Gasteiger partial charge in [-0.3, -0.25) is 9.59 Å². The maximum atomic E-state index is 11.8. The maximum Gasteiger partial charge on any atom is 0.308 e. The average Bonchev–Trinajstić information content (AvgIpc) is 2.41. The van der Waals surface area contributed by atoms with Crippen LogP contribution in [0.1, 0.15) is 32.6 Å². The lowest BCUT2D eigenvalue weighted by Gasteiger charge is -2.28. The predicted octanol–water partition coefficient (Wildman–Crippen LogP) is 0.620. The molecule has 118 valence electrons. The molecule has 0 heterocycles. The molecule has 1 atom stereocenters. The Bertz CT molecular complexity index is 303. The number of halogens is 1. The first kappa shape index (κ1) is 19.1. The first-order valence-electron chi connectivity index (χ1n) is 6.82. The van der Waals surface area contributed by atoms with Gasteiger partial charge in [-0.2, -0.15) is 0 Å². The van der Waals surface area contributed by atoms with Crippen molar-refractivity contribution in [1.29, 1.82) is 0 Å². The molecule has 1 aliphatic carbocycles. The summed E-state index contributed by atoms with van der Waals surface area (Å²) in [5.41, 5.74) is 5.44. The highest BCUT2D eigenvalue weighted by Crippen LogP contribution is 2.25. The summed E-state index contributed by atoms with van der Waals surface area (Å²) in [6.07, 6.45) is 2.49. The molecule has 0 aromatic heterocycles. The molecule has 0 bridgehead atoms. The van der Waals surface area contributed by atoms with Crippen molar-refractivity contribution >= 4 is 24.3 Å². The van der Waals surface area contributed by atoms with E-state index in [9.17, 15) is 9.59 Å². The fourth-order valence-corrected chi connectivity index (χ4v) is 2.34. The van der Waals surface area contributed by atoms with Crippen LogP contribution in [0.15, 0.2) is 0 Å². The van der Waals surface area contributed by atoms with E-state index in [4.69, 9.17) is 15.2 Å². The van der Waals surface area contributed by atoms with Gasteiger partial charge in [-0.1, -0.05) is 0 Å². The third-order valence-electron chi connectivity index (χ3n) is 3.48. The van der Waals surface area contributed by atoms with Crippen molar-refractivity contribution < 1.29 is 19.1 Å². The summed E-state index contributed by atoms with van der Waals surface area (Å²) in [6.45, 7) is 2.39. The monoisotopic (exact) mass is 308 g/mol. The lowest BCUT2D eigenvalue weighted by Crippen LogP contribution is -2.46. The number of amides is 1. The Balaban J connectivity index is 0.00000361. The predicted molar refractivity (Wildman–Crippen MR) is 77.6 cm³/mol. The van der Waals surface area contributed by atoms with Crippen LogP contribution in [0, 0.1) is 5.92 Å². The molecule has 0 aromatic rings. The minimum atomic E-state index is -0.595. The van der Waals surface area contributed by atoms with Crippen molar-refractivity contribution in [2.45, 2.75) is 44.8 Å². The van der Waals surface area contributed by atoms with Gasteiger partial charge in [0.2, 0.25) is 0 Å². The van der Waals surface area contributed by atoms with Crippen molar-refractivity contribution in [2.24, 2.45) is 11.7 Å². The third kappa shape index (κ3) is 5.64. The van der Waals surface area contributed by atoms with Crippen molar-refractivity contribution in [3.05, 3.63) is 0 Å². The number of hydrogen-bond donors (Lipinski definition) is 2. The maximum absolute atomic E-state index is 11.8. The fraction of sp³-hybridized carbons (Fsp3) is 0.846. The SMILES string of the molecule is CCOC(=O)C1CCC(NC(=O)C(CN)OC)CC1.Cl. The van der Waals surface area contributed by atoms with E-state index in [1.165, 1.54) is 7.11 Å². The molecule has 1 amide bonds. The Kier molecular flexibility index (Phi) is 9.54. The van der Waals surface area contributed by atoms with Crippen molar-refractivity contribution in [2.75, 3.05) is 20.3 Å². The Morgan fingerprint density at radius 1 is 1.30 bits per heavy atom. The van der Waals surface area contributed by atoms with Crippen LogP contribution in [0.25, 0.3) is 0 Å². The van der Waals surface area contributed by atoms with Crippen molar-refractivity contribution in [1.82, 2.24) is 5.32 Å². The van der Waals surface area contributed by atoms with Crippen LogP contribution in [0.2, 0.25) is 0 Å². The fourth-order valence-electron chi connectivity index (χ4n) is 2.34. The van der Waals surface area contributed by atoms with E-state index in [2.05, 4.69) is 5.32 Å². The largest absolute Gasteiger partial charge is 0.466 e. The van der Waals surface area contributed by atoms with Gasteiger partial charge in [-0.25, -0.2) is 0 Å². The molecule has 6 nitrogen and oxygen atoms in total. The van der Waals surface area contributed by atoms with Crippen LogP contribution in [0.3, 0.4) is 0 Å². The molecule has 1 fully saturated rings. The number of esters is 1. The zero-order chi connectivity index (χ0) is 14.3. The number of carbonyl (C=O) groups is 2. The van der Waals surface area contributed by atoms with E-state index in [1.54, 1.807) is 0 Å². The van der Waals surface area contributed by atoms with Gasteiger partial charge in [0.05, 0.1) is 12.5 Å². The Morgan fingerprint density at radius 2 is 1.90 bits per heavy atom. The summed E-state index contributed by atoms with van der Waals surface area (Å²) >= 11 is 0. The lowest BCUT2D eigenvalue weighted by atomic mass is 9.86. The smallest absolute Gasteiger partial charge is 0.308 e. The van der Waals surface area contributed by atoms with Crippen molar-refractivity contribution in [3.63, 3.8) is 0 Å². The van der Waals surface area contributed by atoms with E-state index in [-0.39, 0.29) is 42.8 Å². The Hall–Kier alpha value is -0.850. The molecule has 1 aliphatic rings. The normalized spacial score (nSPS) is 23.4. The first-order valence-corrected chi connectivity index (χ1v) is 6.82. The van der Waals surface area contributed by atoms with Gasteiger partial charge in [0.15, 0.2) is 0 Å². The summed E-state index contributed by atoms with van der Waals surface area (Å²) in [7, 11) is 1.47. The zero-order valence-corrected chi connectivity index (χ0v) is 12.9. The van der Waals surface area contributed by atoms with E-state index in [0.717, 1.165) is 25.7 Å². The van der Waals surface area contributed by atoms with Crippen LogP contribution in [-0.2, 0) is 19.1 Å². The number of nitrogens with one attached hydrogen (secondary N) is 1. The van der Waals surface area contributed by atoms with Crippen LogP contribution in [0.4, 0.5) is 0 Å². The summed E-state index contributed by atoms with van der Waals surface area (Å²) in [5.74, 6) is -0.325. The number of rotatable bonds is 6. The summed E-state index contributed by atoms with van der Waals surface area (Å²) < 4.78 is 9.99. The van der Waals surface area contributed by atoms with E-state index in [1.807, 2.05) is 6.92 Å². The number of methoxy groups -OCH3 is 1. The second kappa shape index (κ2) is 9.96. The van der Waals surface area contributed by atoms with Crippen LogP contribution in [-0.4, -0.2) is 44.3 Å². The second-order valence-electron chi connectivity index (χ2n) is 4.77. The topological polar surface area (TPSA) is 90.7 Å². The van der Waals surface area contributed by atoms with Gasteiger partial charge in [0, 0.05) is 19.7 Å². The van der Waals surface area contributed by atoms with Crippen LogP contribution >= 0.6 is 12.4 Å². The lowest BCUT2D eigenvalue weighted by molar-refractivity contribution is -0.149. The molecule has 0 saturated heterocycles. The molecule has 0 radical (unpaired) electrons. The average molecular weight is 309 g/mol. The molecule has 1 saturated carbocycles. The first-order chi connectivity index (χ1) is 9.12. The molecule has 0 spiro atoms. The van der Waals surface area contributed by atoms with Crippen LogP contribution < -0.4 is 11.1 Å². The summed E-state index contributed by atoms with van der Waals surface area (Å²) in [6, 6.07) is 0.0994. The standard InChI is InChI=1S/C13H24N2O4.ClH/c1-3-19-13(17)9-4-6-10(7-5-9)15-12(16)11(8-14)18-2;/h9-11H,3-8,14H2,1-2H3,(H,15,16);1H. The molecule has 20 heavy (non-hydrogen) atoms. The van der Waals surface area contributed by atoms with Crippen LogP contribution in [0.5, 0.6) is 0 Å². The molecule has 1 rings (SSSR count). The Labute approximate surface area is 126 Å². The van der Waals surface area contributed by atoms with Gasteiger partial charge in [-0.05, 0) is 32.6 Å². The molecular weight excluding hydrogens is 284 g/mol. The van der Waals surface area contributed by atoms with Gasteiger partial charge in [0.1, 0.15) is 6.10 Å². The molecule has 0 aliphatic heterocycles. The van der Waals surface area contributed by atoms with E-state index < -0.39 is 6.10 Å². The minimum absolute atomic E-state index is 0. The Morgan fingerprint density at radius 3 is 2.35 bits per heavy atom.